The van der Waals surface area contributed by atoms with Gasteiger partial charge >= 0.3 is 0 Å². The molecule has 0 unspecified atom stereocenters. The molecule has 0 radical (unpaired) electrons. The second kappa shape index (κ2) is 6.76. The van der Waals surface area contributed by atoms with Gasteiger partial charge in [-0.2, -0.15) is 10.2 Å². The average Bonchev–Trinajstić information content (AvgIpc) is 2.41. The van der Waals surface area contributed by atoms with E-state index in [0.29, 0.717) is 0 Å². The fraction of sp³-hybridized carbons (Fsp3) is 0.857. The van der Waals surface area contributed by atoms with Crippen LogP contribution in [0.4, 0.5) is 0 Å². The minimum Gasteiger partial charge on any atom is -0.297 e. The van der Waals surface area contributed by atoms with E-state index in [1.807, 2.05) is 0 Å². The van der Waals surface area contributed by atoms with Gasteiger partial charge in [-0.05, 0) is 52.4 Å². The molecule has 0 aliphatic carbocycles. The fourth-order valence-corrected chi connectivity index (χ4v) is 2.52. The third-order valence-corrected chi connectivity index (χ3v) is 3.77. The largest absolute Gasteiger partial charge is 0.297 e. The zero-order chi connectivity index (χ0) is 12.8. The summed E-state index contributed by atoms with van der Waals surface area (Å²) in [6.45, 7) is 8.58. The second-order valence-corrected chi connectivity index (χ2v) is 5.40. The highest BCUT2D eigenvalue weighted by molar-refractivity contribution is 6.40. The predicted octanol–water partition coefficient (Wildman–Crippen LogP) is 2.71. The molecule has 2 aliphatic heterocycles. The molecule has 0 atom stereocenters. The Bertz CT molecular complexity index is 278. The monoisotopic (exact) mass is 250 g/mol. The summed E-state index contributed by atoms with van der Waals surface area (Å²) in [6, 6.07) is 0. The Hall–Kier alpha value is -1.06. The lowest BCUT2D eigenvalue weighted by Gasteiger charge is -2.26. The highest BCUT2D eigenvalue weighted by atomic mass is 15.5. The first-order valence-electron chi connectivity index (χ1n) is 7.36. The van der Waals surface area contributed by atoms with E-state index in [0.717, 1.165) is 37.6 Å². The van der Waals surface area contributed by atoms with Gasteiger partial charge in [0.05, 0.1) is 11.4 Å². The van der Waals surface area contributed by atoms with Gasteiger partial charge in [0.15, 0.2) is 0 Å². The Morgan fingerprint density at radius 1 is 0.611 bits per heavy atom. The van der Waals surface area contributed by atoms with E-state index in [2.05, 4.69) is 23.9 Å². The SMILES string of the molecule is CC(=NN1CCCCC1)C(C)=NN1CCCCC1. The van der Waals surface area contributed by atoms with Crippen molar-refractivity contribution in [2.45, 2.75) is 52.4 Å². The van der Waals surface area contributed by atoms with Crippen LogP contribution in [0.15, 0.2) is 10.2 Å². The highest BCUT2D eigenvalue weighted by Gasteiger charge is 2.11. The molecule has 2 saturated heterocycles. The lowest BCUT2D eigenvalue weighted by Crippen LogP contribution is -2.29. The van der Waals surface area contributed by atoms with Crippen LogP contribution in [0.1, 0.15) is 52.4 Å². The first-order chi connectivity index (χ1) is 8.75. The molecule has 0 aromatic rings. The molecular formula is C14H26N4. The standard InChI is InChI=1S/C14H26N4/c1-13(15-17-9-5-3-6-10-17)14(2)16-18-11-7-4-8-12-18/h3-12H2,1-2H3. The quantitative estimate of drug-likeness (QED) is 0.721. The van der Waals surface area contributed by atoms with E-state index >= 15 is 0 Å². The maximum absolute atomic E-state index is 4.69. The Kier molecular flexibility index (Phi) is 5.02. The van der Waals surface area contributed by atoms with Crippen LogP contribution in [-0.4, -0.2) is 47.6 Å². The van der Waals surface area contributed by atoms with Crippen LogP contribution in [-0.2, 0) is 0 Å². The third kappa shape index (κ3) is 4.00. The van der Waals surface area contributed by atoms with E-state index in [4.69, 9.17) is 10.2 Å². The van der Waals surface area contributed by atoms with E-state index in [1.54, 1.807) is 0 Å². The summed E-state index contributed by atoms with van der Waals surface area (Å²) in [5.74, 6) is 0. The van der Waals surface area contributed by atoms with Gasteiger partial charge in [0.25, 0.3) is 0 Å². The van der Waals surface area contributed by atoms with Gasteiger partial charge in [-0.25, -0.2) is 0 Å². The molecule has 4 heteroatoms. The average molecular weight is 250 g/mol. The second-order valence-electron chi connectivity index (χ2n) is 5.40. The van der Waals surface area contributed by atoms with Crippen molar-refractivity contribution in [2.75, 3.05) is 26.2 Å². The van der Waals surface area contributed by atoms with Crippen LogP contribution in [0, 0.1) is 0 Å². The summed E-state index contributed by atoms with van der Waals surface area (Å²) in [4.78, 5) is 0. The molecule has 0 saturated carbocycles. The molecular weight excluding hydrogens is 224 g/mol. The van der Waals surface area contributed by atoms with Gasteiger partial charge in [-0.3, -0.25) is 10.0 Å². The number of hydrogen-bond donors (Lipinski definition) is 0. The molecule has 0 spiro atoms. The molecule has 2 heterocycles. The lowest BCUT2D eigenvalue weighted by atomic mass is 10.2. The Labute approximate surface area is 111 Å². The van der Waals surface area contributed by atoms with Gasteiger partial charge in [0, 0.05) is 26.2 Å². The number of rotatable bonds is 3. The summed E-state index contributed by atoms with van der Waals surface area (Å²) in [5.41, 5.74) is 2.14. The smallest absolute Gasteiger partial charge is 0.0803 e. The Balaban J connectivity index is 1.91. The van der Waals surface area contributed by atoms with Crippen molar-refractivity contribution < 1.29 is 0 Å². The van der Waals surface area contributed by atoms with E-state index in [9.17, 15) is 0 Å². The van der Waals surface area contributed by atoms with Crippen LogP contribution >= 0.6 is 0 Å². The van der Waals surface area contributed by atoms with Gasteiger partial charge in [-0.15, -0.1) is 0 Å². The van der Waals surface area contributed by atoms with Gasteiger partial charge in [0.1, 0.15) is 0 Å². The molecule has 0 aromatic heterocycles. The van der Waals surface area contributed by atoms with Crippen molar-refractivity contribution in [2.24, 2.45) is 10.2 Å². The van der Waals surface area contributed by atoms with Crippen LogP contribution in [0.25, 0.3) is 0 Å². The van der Waals surface area contributed by atoms with Crippen LogP contribution in [0.5, 0.6) is 0 Å². The summed E-state index contributed by atoms with van der Waals surface area (Å²) >= 11 is 0. The zero-order valence-electron chi connectivity index (χ0n) is 11.9. The summed E-state index contributed by atoms with van der Waals surface area (Å²) < 4.78 is 0. The minimum absolute atomic E-state index is 1.07. The molecule has 0 amide bonds. The van der Waals surface area contributed by atoms with Crippen LogP contribution in [0.3, 0.4) is 0 Å². The van der Waals surface area contributed by atoms with Crippen molar-refractivity contribution in [3.63, 3.8) is 0 Å². The first-order valence-corrected chi connectivity index (χ1v) is 7.36. The number of nitrogens with zero attached hydrogens (tertiary/aromatic N) is 4. The van der Waals surface area contributed by atoms with E-state index in [1.165, 1.54) is 38.5 Å². The van der Waals surface area contributed by atoms with Gasteiger partial charge in [0.2, 0.25) is 0 Å². The maximum Gasteiger partial charge on any atom is 0.0803 e. The minimum atomic E-state index is 1.07. The van der Waals surface area contributed by atoms with Crippen molar-refractivity contribution in [1.82, 2.24) is 10.0 Å². The number of hydrogen-bond acceptors (Lipinski definition) is 4. The molecule has 102 valence electrons. The molecule has 0 bridgehead atoms. The highest BCUT2D eigenvalue weighted by Crippen LogP contribution is 2.11. The van der Waals surface area contributed by atoms with Gasteiger partial charge in [-0.1, -0.05) is 0 Å². The van der Waals surface area contributed by atoms with E-state index in [-0.39, 0.29) is 0 Å². The summed E-state index contributed by atoms with van der Waals surface area (Å²) in [6.07, 6.45) is 7.81. The maximum atomic E-state index is 4.69. The summed E-state index contributed by atoms with van der Waals surface area (Å²) in [7, 11) is 0. The van der Waals surface area contributed by atoms with Crippen LogP contribution in [0.2, 0.25) is 0 Å². The van der Waals surface area contributed by atoms with E-state index < -0.39 is 0 Å². The molecule has 2 aliphatic rings. The topological polar surface area (TPSA) is 31.2 Å². The van der Waals surface area contributed by atoms with Crippen molar-refractivity contribution >= 4 is 11.4 Å². The third-order valence-electron chi connectivity index (χ3n) is 3.77. The predicted molar refractivity (Wildman–Crippen MR) is 77.1 cm³/mol. The number of hydrazone groups is 2. The lowest BCUT2D eigenvalue weighted by molar-refractivity contribution is 0.237. The Morgan fingerprint density at radius 3 is 1.28 bits per heavy atom. The van der Waals surface area contributed by atoms with Gasteiger partial charge < -0.3 is 0 Å². The molecule has 2 rings (SSSR count). The molecule has 2 fully saturated rings. The van der Waals surface area contributed by atoms with Crippen molar-refractivity contribution in [3.05, 3.63) is 0 Å². The normalized spacial score (nSPS) is 23.4. The molecule has 0 N–H and O–H groups in total. The molecule has 18 heavy (non-hydrogen) atoms. The Morgan fingerprint density at radius 2 is 0.944 bits per heavy atom. The zero-order valence-corrected chi connectivity index (χ0v) is 11.9. The number of piperidine rings is 2. The van der Waals surface area contributed by atoms with Crippen molar-refractivity contribution in [3.8, 4) is 0 Å². The first kappa shape index (κ1) is 13.4. The van der Waals surface area contributed by atoms with Crippen molar-refractivity contribution in [1.29, 1.82) is 0 Å². The molecule has 4 nitrogen and oxygen atoms in total. The summed E-state index contributed by atoms with van der Waals surface area (Å²) in [5, 5.41) is 13.8. The fourth-order valence-electron chi connectivity index (χ4n) is 2.52. The van der Waals surface area contributed by atoms with Crippen LogP contribution < -0.4 is 0 Å². The molecule has 0 aromatic carbocycles.